The first-order valence-corrected chi connectivity index (χ1v) is 10.0. The Labute approximate surface area is 182 Å². The standard InChI is InChI=1S/C22H24N2O8/c1-7-8-5-4-6-9(25)11(8)16(26)12-10(7)17(27)14-15(24(2)3)18(28)13(21(23)31)20(30)22(14,32)19(12)29/h4-7,10,14-15,17,25-27,31-32H,23H2,1-3H3/b21-13-/t7-,10+,14+,15+,17-,22-/m0/s1. The number of aliphatic hydroxyl groups is 4. The Morgan fingerprint density at radius 1 is 1.12 bits per heavy atom. The van der Waals surface area contributed by atoms with Crippen LogP contribution >= 0.6 is 0 Å². The van der Waals surface area contributed by atoms with E-state index in [0.29, 0.717) is 5.56 Å². The lowest BCUT2D eigenvalue weighted by molar-refractivity contribution is -0.178. The summed E-state index contributed by atoms with van der Waals surface area (Å²) in [5.74, 6) is -8.97. The van der Waals surface area contributed by atoms with E-state index < -0.39 is 75.6 Å². The number of Topliss-reactive ketones (excluding diaryl/α,β-unsaturated/α-hetero) is 3. The Hall–Kier alpha value is -3.21. The highest BCUT2D eigenvalue weighted by Gasteiger charge is 2.70. The van der Waals surface area contributed by atoms with Crippen LogP contribution in [0.15, 0.2) is 35.2 Å². The third-order valence-corrected chi connectivity index (χ3v) is 6.98. The van der Waals surface area contributed by atoms with Gasteiger partial charge in [0.25, 0.3) is 0 Å². The van der Waals surface area contributed by atoms with Crippen LogP contribution in [0.1, 0.15) is 24.0 Å². The number of nitrogens with two attached hydrogens (primary N) is 1. The van der Waals surface area contributed by atoms with E-state index in [1.165, 1.54) is 25.1 Å². The fraction of sp³-hybridized carbons (Fsp3) is 0.409. The number of aromatic hydroxyl groups is 1. The molecule has 0 aromatic heterocycles. The second-order valence-electron chi connectivity index (χ2n) is 8.79. The molecule has 0 bridgehead atoms. The number of phenols is 1. The summed E-state index contributed by atoms with van der Waals surface area (Å²) >= 11 is 0. The molecular weight excluding hydrogens is 420 g/mol. The number of phenolic OH excluding ortho intramolecular Hbond substituents is 1. The minimum Gasteiger partial charge on any atom is -0.507 e. The van der Waals surface area contributed by atoms with Gasteiger partial charge in [0.15, 0.2) is 17.3 Å². The molecule has 0 aliphatic heterocycles. The van der Waals surface area contributed by atoms with Gasteiger partial charge in [0, 0.05) is 11.5 Å². The van der Waals surface area contributed by atoms with Gasteiger partial charge in [-0.1, -0.05) is 19.1 Å². The number of nitrogens with zero attached hydrogens (tertiary/aromatic N) is 1. The molecule has 0 unspecified atom stereocenters. The van der Waals surface area contributed by atoms with Crippen LogP contribution in [0.4, 0.5) is 0 Å². The van der Waals surface area contributed by atoms with Gasteiger partial charge >= 0.3 is 0 Å². The van der Waals surface area contributed by atoms with E-state index in [-0.39, 0.29) is 11.3 Å². The average Bonchev–Trinajstić information content (AvgIpc) is 2.70. The van der Waals surface area contributed by atoms with Crippen molar-refractivity contribution in [3.05, 3.63) is 46.4 Å². The van der Waals surface area contributed by atoms with Crippen LogP contribution in [0.2, 0.25) is 0 Å². The summed E-state index contributed by atoms with van der Waals surface area (Å²) in [6.45, 7) is 1.67. The predicted octanol–water partition coefficient (Wildman–Crippen LogP) is -0.504. The molecule has 0 spiro atoms. The van der Waals surface area contributed by atoms with Crippen molar-refractivity contribution in [1.82, 2.24) is 4.90 Å². The van der Waals surface area contributed by atoms with Crippen molar-refractivity contribution < 1.29 is 39.9 Å². The summed E-state index contributed by atoms with van der Waals surface area (Å²) in [7, 11) is 2.92. The Morgan fingerprint density at radius 2 is 1.75 bits per heavy atom. The SMILES string of the molecule is C[C@H]1c2cccc(O)c2C(O)=C2C(=O)[C@]3(O)C(=O)/C(=C(/N)O)C(=O)[C@H](N(C)C)[C@@H]3[C@@H](O)[C@@H]21. The number of fused-ring (bicyclic) bond motifs is 3. The number of hydrogen-bond acceptors (Lipinski definition) is 10. The van der Waals surface area contributed by atoms with Crippen LogP contribution in [0.5, 0.6) is 5.75 Å². The zero-order valence-corrected chi connectivity index (χ0v) is 17.6. The molecule has 3 aliphatic rings. The van der Waals surface area contributed by atoms with Gasteiger partial charge in [-0.25, -0.2) is 0 Å². The van der Waals surface area contributed by atoms with Crippen molar-refractivity contribution in [3.63, 3.8) is 0 Å². The summed E-state index contributed by atoms with van der Waals surface area (Å²) in [5.41, 5.74) is 1.44. The van der Waals surface area contributed by atoms with Gasteiger partial charge in [0.2, 0.25) is 11.6 Å². The molecule has 1 aromatic rings. The zero-order chi connectivity index (χ0) is 23.9. The third kappa shape index (κ3) is 2.48. The van der Waals surface area contributed by atoms with Crippen molar-refractivity contribution in [2.75, 3.05) is 14.1 Å². The first-order valence-electron chi connectivity index (χ1n) is 10.0. The van der Waals surface area contributed by atoms with Gasteiger partial charge in [-0.05, 0) is 31.6 Å². The van der Waals surface area contributed by atoms with E-state index in [4.69, 9.17) is 5.73 Å². The average molecular weight is 444 g/mol. The monoisotopic (exact) mass is 444 g/mol. The highest BCUT2D eigenvalue weighted by atomic mass is 16.3. The molecule has 10 nitrogen and oxygen atoms in total. The summed E-state index contributed by atoms with van der Waals surface area (Å²) in [4.78, 5) is 41.1. The second kappa shape index (κ2) is 6.89. The maximum atomic E-state index is 13.6. The molecule has 6 atom stereocenters. The van der Waals surface area contributed by atoms with E-state index >= 15 is 0 Å². The maximum Gasteiger partial charge on any atom is 0.211 e. The quantitative estimate of drug-likeness (QED) is 0.143. The molecule has 0 heterocycles. The molecule has 7 N–H and O–H groups in total. The largest absolute Gasteiger partial charge is 0.507 e. The molecule has 2 fully saturated rings. The number of hydrogen-bond donors (Lipinski definition) is 6. The molecule has 170 valence electrons. The molecule has 3 aliphatic carbocycles. The van der Waals surface area contributed by atoms with E-state index in [1.54, 1.807) is 19.1 Å². The van der Waals surface area contributed by atoms with Crippen molar-refractivity contribution in [2.24, 2.45) is 17.6 Å². The lowest BCUT2D eigenvalue weighted by Gasteiger charge is -2.53. The first kappa shape index (κ1) is 22.0. The van der Waals surface area contributed by atoms with Gasteiger partial charge in [-0.2, -0.15) is 0 Å². The molecule has 0 amide bonds. The Bertz CT molecular complexity index is 1130. The van der Waals surface area contributed by atoms with Gasteiger partial charge in [-0.3, -0.25) is 19.3 Å². The van der Waals surface area contributed by atoms with Crippen molar-refractivity contribution in [2.45, 2.75) is 30.6 Å². The zero-order valence-electron chi connectivity index (χ0n) is 17.6. The van der Waals surface area contributed by atoms with E-state index in [0.717, 1.165) is 0 Å². The highest BCUT2D eigenvalue weighted by molar-refractivity contribution is 6.36. The highest BCUT2D eigenvalue weighted by Crippen LogP contribution is 2.55. The van der Waals surface area contributed by atoms with Crippen LogP contribution in [-0.2, 0) is 14.4 Å². The van der Waals surface area contributed by atoms with Crippen molar-refractivity contribution in [1.29, 1.82) is 0 Å². The lowest BCUT2D eigenvalue weighted by Crippen LogP contribution is -2.73. The van der Waals surface area contributed by atoms with Crippen molar-refractivity contribution in [3.8, 4) is 5.75 Å². The summed E-state index contributed by atoms with van der Waals surface area (Å²) in [6, 6.07) is 3.12. The first-order chi connectivity index (χ1) is 14.9. The van der Waals surface area contributed by atoms with Gasteiger partial charge in [0.05, 0.1) is 23.6 Å². The molecule has 4 rings (SSSR count). The molecule has 2 saturated carbocycles. The van der Waals surface area contributed by atoms with Gasteiger partial charge in [0.1, 0.15) is 17.1 Å². The molecule has 0 saturated heterocycles. The maximum absolute atomic E-state index is 13.6. The number of carbonyl (C=O) groups excluding carboxylic acids is 3. The molecule has 10 heteroatoms. The smallest absolute Gasteiger partial charge is 0.211 e. The minimum absolute atomic E-state index is 0.0326. The Morgan fingerprint density at radius 3 is 2.31 bits per heavy atom. The summed E-state index contributed by atoms with van der Waals surface area (Å²) in [5, 5.41) is 53.9. The number of rotatable bonds is 1. The van der Waals surface area contributed by atoms with Crippen LogP contribution in [0.25, 0.3) is 5.76 Å². The van der Waals surface area contributed by atoms with E-state index in [9.17, 15) is 39.9 Å². The fourth-order valence-electron chi connectivity index (χ4n) is 5.56. The molecule has 0 radical (unpaired) electrons. The second-order valence-corrected chi connectivity index (χ2v) is 8.79. The van der Waals surface area contributed by atoms with Crippen molar-refractivity contribution >= 4 is 23.1 Å². The van der Waals surface area contributed by atoms with E-state index in [2.05, 4.69) is 0 Å². The van der Waals surface area contributed by atoms with E-state index in [1.807, 2.05) is 0 Å². The van der Waals surface area contributed by atoms with Crippen LogP contribution in [-0.4, -0.2) is 79.6 Å². The normalized spacial score (nSPS) is 36.1. The van der Waals surface area contributed by atoms with Crippen LogP contribution in [0, 0.1) is 11.8 Å². The fourth-order valence-corrected chi connectivity index (χ4v) is 5.56. The van der Waals surface area contributed by atoms with Crippen LogP contribution in [0.3, 0.4) is 0 Å². The number of likely N-dealkylation sites (N-methyl/N-ethyl adjacent to an activating group) is 1. The topological polar surface area (TPSA) is 182 Å². The van der Waals surface area contributed by atoms with Gasteiger partial charge < -0.3 is 31.3 Å². The van der Waals surface area contributed by atoms with Gasteiger partial charge in [-0.15, -0.1) is 0 Å². The lowest BCUT2D eigenvalue weighted by atomic mass is 9.53. The number of aliphatic hydroxyl groups excluding tert-OH is 3. The summed E-state index contributed by atoms with van der Waals surface area (Å²) < 4.78 is 0. The summed E-state index contributed by atoms with van der Waals surface area (Å²) in [6.07, 6.45) is -1.61. The van der Waals surface area contributed by atoms with Crippen LogP contribution < -0.4 is 5.73 Å². The minimum atomic E-state index is -2.97. The molecular formula is C22H24N2O8. The Balaban J connectivity index is 2.04. The number of ketones is 3. The number of carbonyl (C=O) groups is 3. The number of benzene rings is 1. The molecule has 1 aromatic carbocycles. The third-order valence-electron chi connectivity index (χ3n) is 6.98. The predicted molar refractivity (Wildman–Crippen MR) is 110 cm³/mol. The Kier molecular flexibility index (Phi) is 4.74. The molecule has 32 heavy (non-hydrogen) atoms.